The quantitative estimate of drug-likeness (QED) is 0.799. The Morgan fingerprint density at radius 1 is 1.37 bits per heavy atom. The van der Waals surface area contributed by atoms with Crippen molar-refractivity contribution in [2.24, 2.45) is 0 Å². The molecule has 2 heterocycles. The van der Waals surface area contributed by atoms with Crippen molar-refractivity contribution in [3.8, 4) is 0 Å². The van der Waals surface area contributed by atoms with Crippen molar-refractivity contribution in [2.45, 2.75) is 44.8 Å². The monoisotopic (exact) mass is 281 g/mol. The van der Waals surface area contributed by atoms with E-state index in [9.17, 15) is 0 Å². The summed E-state index contributed by atoms with van der Waals surface area (Å²) in [6.45, 7) is 6.97. The van der Waals surface area contributed by atoms with Crippen molar-refractivity contribution in [1.82, 2.24) is 14.9 Å². The molecule has 2 fully saturated rings. The summed E-state index contributed by atoms with van der Waals surface area (Å²) in [7, 11) is 0. The first-order valence-corrected chi connectivity index (χ1v) is 7.41. The van der Waals surface area contributed by atoms with Crippen LogP contribution >= 0.6 is 11.6 Å². The molecule has 1 aromatic heterocycles. The summed E-state index contributed by atoms with van der Waals surface area (Å²) in [5.74, 6) is 1.34. The van der Waals surface area contributed by atoms with Gasteiger partial charge in [-0.25, -0.2) is 9.97 Å². The van der Waals surface area contributed by atoms with Gasteiger partial charge in [0.05, 0.1) is 6.61 Å². The lowest BCUT2D eigenvalue weighted by atomic mass is 10.2. The Kier molecular flexibility index (Phi) is 3.74. The Labute approximate surface area is 119 Å². The van der Waals surface area contributed by atoms with E-state index >= 15 is 0 Å². The fraction of sp³-hybridized carbons (Fsp3) is 0.714. The maximum absolute atomic E-state index is 6.12. The van der Waals surface area contributed by atoms with Crippen molar-refractivity contribution in [3.63, 3.8) is 0 Å². The van der Waals surface area contributed by atoms with E-state index in [1.165, 1.54) is 12.8 Å². The Hall–Kier alpha value is -0.710. The van der Waals surface area contributed by atoms with E-state index in [4.69, 9.17) is 16.3 Å². The minimum atomic E-state index is -0.0488. The summed E-state index contributed by atoms with van der Waals surface area (Å²) in [5.41, 5.74) is 1.08. The number of morpholine rings is 1. The number of aromatic nitrogens is 2. The number of hydrogen-bond acceptors (Lipinski definition) is 4. The number of rotatable bonds is 3. The minimum Gasteiger partial charge on any atom is -0.368 e. The van der Waals surface area contributed by atoms with Gasteiger partial charge in [-0.1, -0.05) is 11.6 Å². The lowest BCUT2D eigenvalue weighted by Gasteiger charge is -2.34. The fourth-order valence-corrected chi connectivity index (χ4v) is 2.68. The Morgan fingerprint density at radius 3 is 2.84 bits per heavy atom. The zero-order valence-corrected chi connectivity index (χ0v) is 12.2. The normalized spacial score (nSPS) is 24.9. The van der Waals surface area contributed by atoms with Crippen LogP contribution < -0.4 is 0 Å². The molecular weight excluding hydrogens is 262 g/mol. The van der Waals surface area contributed by atoms with E-state index in [1.807, 2.05) is 6.07 Å². The van der Waals surface area contributed by atoms with Crippen LogP contribution in [-0.4, -0.2) is 40.6 Å². The van der Waals surface area contributed by atoms with Gasteiger partial charge in [0.25, 0.3) is 0 Å². The van der Waals surface area contributed by atoms with Gasteiger partial charge in [-0.15, -0.1) is 0 Å². The standard InChI is InChI=1S/C14H20ClN3O/c1-9(2)18-5-6-19-12(8-18)14-16-11(10-3-4-10)7-13(15)17-14/h7,9-10,12H,3-6,8H2,1-2H3. The average Bonchev–Trinajstić information content (AvgIpc) is 3.22. The van der Waals surface area contributed by atoms with Crippen LogP contribution in [0.25, 0.3) is 0 Å². The van der Waals surface area contributed by atoms with Crippen molar-refractivity contribution >= 4 is 11.6 Å². The molecule has 1 aliphatic heterocycles. The van der Waals surface area contributed by atoms with Crippen LogP contribution in [0.15, 0.2) is 6.07 Å². The molecule has 3 rings (SSSR count). The molecular formula is C14H20ClN3O. The highest BCUT2D eigenvalue weighted by Gasteiger charge is 2.29. The number of ether oxygens (including phenoxy) is 1. The Morgan fingerprint density at radius 2 is 2.16 bits per heavy atom. The van der Waals surface area contributed by atoms with Crippen LogP contribution in [0.1, 0.15) is 50.2 Å². The minimum absolute atomic E-state index is 0.0488. The lowest BCUT2D eigenvalue weighted by molar-refractivity contribution is -0.0443. The van der Waals surface area contributed by atoms with E-state index in [0.717, 1.165) is 31.2 Å². The van der Waals surface area contributed by atoms with E-state index < -0.39 is 0 Å². The molecule has 0 N–H and O–H groups in total. The van der Waals surface area contributed by atoms with E-state index in [1.54, 1.807) is 0 Å². The number of hydrogen-bond donors (Lipinski definition) is 0. The van der Waals surface area contributed by atoms with Crippen LogP contribution in [0.5, 0.6) is 0 Å². The molecule has 5 heteroatoms. The fourth-order valence-electron chi connectivity index (χ4n) is 2.48. The molecule has 0 spiro atoms. The first kappa shape index (κ1) is 13.3. The third-order valence-corrected chi connectivity index (χ3v) is 4.04. The third-order valence-electron chi connectivity index (χ3n) is 3.84. The Bertz CT molecular complexity index is 462. The van der Waals surface area contributed by atoms with Crippen LogP contribution in [0.4, 0.5) is 0 Å². The topological polar surface area (TPSA) is 38.2 Å². The summed E-state index contributed by atoms with van der Waals surface area (Å²) in [5, 5.41) is 0.539. The van der Waals surface area contributed by atoms with E-state index in [0.29, 0.717) is 17.1 Å². The second-order valence-corrected chi connectivity index (χ2v) is 6.08. The summed E-state index contributed by atoms with van der Waals surface area (Å²) in [6.07, 6.45) is 2.39. The van der Waals surface area contributed by atoms with Gasteiger partial charge in [0.15, 0.2) is 5.82 Å². The molecule has 0 amide bonds. The molecule has 4 nitrogen and oxygen atoms in total. The first-order valence-electron chi connectivity index (χ1n) is 7.03. The molecule has 2 aliphatic rings. The maximum atomic E-state index is 6.12. The molecule has 1 saturated carbocycles. The summed E-state index contributed by atoms with van der Waals surface area (Å²) >= 11 is 6.12. The van der Waals surface area contributed by atoms with Gasteiger partial charge in [0, 0.05) is 30.7 Å². The van der Waals surface area contributed by atoms with E-state index in [2.05, 4.69) is 28.7 Å². The molecule has 1 unspecified atom stereocenters. The summed E-state index contributed by atoms with van der Waals surface area (Å²) in [6, 6.07) is 2.42. The molecule has 19 heavy (non-hydrogen) atoms. The second kappa shape index (κ2) is 5.35. The largest absolute Gasteiger partial charge is 0.368 e. The molecule has 0 radical (unpaired) electrons. The van der Waals surface area contributed by atoms with Crippen molar-refractivity contribution in [2.75, 3.05) is 19.7 Å². The van der Waals surface area contributed by atoms with Crippen molar-refractivity contribution in [1.29, 1.82) is 0 Å². The summed E-state index contributed by atoms with van der Waals surface area (Å²) < 4.78 is 5.83. The van der Waals surface area contributed by atoms with Gasteiger partial charge in [-0.2, -0.15) is 0 Å². The average molecular weight is 282 g/mol. The highest BCUT2D eigenvalue weighted by Crippen LogP contribution is 2.40. The van der Waals surface area contributed by atoms with Gasteiger partial charge in [-0.3, -0.25) is 4.90 Å². The molecule has 1 saturated heterocycles. The van der Waals surface area contributed by atoms with Gasteiger partial charge in [-0.05, 0) is 32.8 Å². The molecule has 1 aliphatic carbocycles. The van der Waals surface area contributed by atoms with Crippen LogP contribution in [0, 0.1) is 0 Å². The second-order valence-electron chi connectivity index (χ2n) is 5.70. The van der Waals surface area contributed by atoms with Crippen LogP contribution in [-0.2, 0) is 4.74 Å². The number of nitrogens with zero attached hydrogens (tertiary/aromatic N) is 3. The van der Waals surface area contributed by atoms with Crippen LogP contribution in [0.2, 0.25) is 5.15 Å². The maximum Gasteiger partial charge on any atom is 0.160 e. The highest BCUT2D eigenvalue weighted by molar-refractivity contribution is 6.29. The van der Waals surface area contributed by atoms with Gasteiger partial charge >= 0.3 is 0 Å². The van der Waals surface area contributed by atoms with Gasteiger partial charge < -0.3 is 4.74 Å². The molecule has 104 valence electrons. The molecule has 1 atom stereocenters. The molecule has 1 aromatic rings. The predicted octanol–water partition coefficient (Wildman–Crippen LogP) is 2.79. The van der Waals surface area contributed by atoms with Crippen molar-refractivity contribution in [3.05, 3.63) is 22.7 Å². The smallest absolute Gasteiger partial charge is 0.160 e. The first-order chi connectivity index (χ1) is 9.13. The zero-order chi connectivity index (χ0) is 13.4. The third kappa shape index (κ3) is 3.07. The Balaban J connectivity index is 1.80. The number of halogens is 1. The van der Waals surface area contributed by atoms with E-state index in [-0.39, 0.29) is 6.10 Å². The lowest BCUT2D eigenvalue weighted by Crippen LogP contribution is -2.42. The van der Waals surface area contributed by atoms with Gasteiger partial charge in [0.1, 0.15) is 11.3 Å². The van der Waals surface area contributed by atoms with Crippen LogP contribution in [0.3, 0.4) is 0 Å². The SMILES string of the molecule is CC(C)N1CCOC(c2nc(Cl)cc(C3CC3)n2)C1. The predicted molar refractivity (Wildman–Crippen MR) is 74.4 cm³/mol. The summed E-state index contributed by atoms with van der Waals surface area (Å²) in [4.78, 5) is 11.4. The zero-order valence-electron chi connectivity index (χ0n) is 11.5. The van der Waals surface area contributed by atoms with Crippen molar-refractivity contribution < 1.29 is 4.74 Å². The molecule has 0 bridgehead atoms. The van der Waals surface area contributed by atoms with Gasteiger partial charge in [0.2, 0.25) is 0 Å². The molecule has 0 aromatic carbocycles. The highest BCUT2D eigenvalue weighted by atomic mass is 35.5.